The Balaban J connectivity index is 2.49. The first-order valence-corrected chi connectivity index (χ1v) is 6.79. The fourth-order valence-corrected chi connectivity index (χ4v) is 4.29. The summed E-state index contributed by atoms with van der Waals surface area (Å²) in [6, 6.07) is 0. The fraction of sp³-hybridized carbons (Fsp3) is 1.00. The molecule has 1 saturated heterocycles. The van der Waals surface area contributed by atoms with Crippen LogP contribution in [-0.2, 0) is 0 Å². The van der Waals surface area contributed by atoms with E-state index >= 15 is 0 Å². The summed E-state index contributed by atoms with van der Waals surface area (Å²) in [6.07, 6.45) is 2.62. The predicted octanol–water partition coefficient (Wildman–Crippen LogP) is 3.80. The SMILES string of the molecule is CCC1(C)CSC(C)(CC)CS1. The lowest BCUT2D eigenvalue weighted by atomic mass is 10.1. The largest absolute Gasteiger partial charge is 0.153 e. The first kappa shape index (κ1) is 10.8. The summed E-state index contributed by atoms with van der Waals surface area (Å²) in [6.45, 7) is 9.42. The topological polar surface area (TPSA) is 0 Å². The van der Waals surface area contributed by atoms with E-state index in [1.807, 2.05) is 0 Å². The minimum atomic E-state index is 0.555. The molecule has 0 radical (unpaired) electrons. The average molecular weight is 204 g/mol. The first-order valence-electron chi connectivity index (χ1n) is 4.81. The highest BCUT2D eigenvalue weighted by Crippen LogP contribution is 2.46. The van der Waals surface area contributed by atoms with Crippen LogP contribution in [0.25, 0.3) is 0 Å². The van der Waals surface area contributed by atoms with Gasteiger partial charge in [0.05, 0.1) is 0 Å². The lowest BCUT2D eigenvalue weighted by Crippen LogP contribution is -2.37. The molecule has 0 spiro atoms. The summed E-state index contributed by atoms with van der Waals surface area (Å²) in [5.41, 5.74) is 0. The minimum absolute atomic E-state index is 0.555. The quantitative estimate of drug-likeness (QED) is 0.671. The van der Waals surface area contributed by atoms with Crippen LogP contribution in [0.5, 0.6) is 0 Å². The molecule has 1 heterocycles. The molecule has 0 aromatic heterocycles. The zero-order valence-corrected chi connectivity index (χ0v) is 10.3. The van der Waals surface area contributed by atoms with Crippen LogP contribution >= 0.6 is 23.5 Å². The van der Waals surface area contributed by atoms with Crippen molar-refractivity contribution in [2.45, 2.75) is 50.0 Å². The smallest absolute Gasteiger partial charge is 0.0220 e. The van der Waals surface area contributed by atoms with Crippen LogP contribution in [0.3, 0.4) is 0 Å². The third kappa shape index (κ3) is 2.35. The van der Waals surface area contributed by atoms with Gasteiger partial charge in [0.1, 0.15) is 0 Å². The molecule has 0 aromatic carbocycles. The molecule has 2 heteroatoms. The molecule has 1 rings (SSSR count). The van der Waals surface area contributed by atoms with Gasteiger partial charge in [0.2, 0.25) is 0 Å². The van der Waals surface area contributed by atoms with E-state index < -0.39 is 0 Å². The molecule has 0 saturated carbocycles. The van der Waals surface area contributed by atoms with E-state index in [0.717, 1.165) is 0 Å². The third-order valence-corrected chi connectivity index (χ3v) is 7.14. The van der Waals surface area contributed by atoms with Crippen molar-refractivity contribution in [2.24, 2.45) is 0 Å². The second kappa shape index (κ2) is 3.83. The number of hydrogen-bond donors (Lipinski definition) is 0. The van der Waals surface area contributed by atoms with Gasteiger partial charge in [0.15, 0.2) is 0 Å². The van der Waals surface area contributed by atoms with E-state index in [9.17, 15) is 0 Å². The number of rotatable bonds is 2. The molecule has 1 aliphatic rings. The van der Waals surface area contributed by atoms with Gasteiger partial charge in [-0.2, -0.15) is 23.5 Å². The van der Waals surface area contributed by atoms with Gasteiger partial charge >= 0.3 is 0 Å². The van der Waals surface area contributed by atoms with Crippen LogP contribution in [0.4, 0.5) is 0 Å². The zero-order valence-electron chi connectivity index (χ0n) is 8.64. The maximum Gasteiger partial charge on any atom is 0.0220 e. The van der Waals surface area contributed by atoms with Gasteiger partial charge in [-0.25, -0.2) is 0 Å². The molecule has 1 aliphatic heterocycles. The van der Waals surface area contributed by atoms with Gasteiger partial charge in [0, 0.05) is 21.0 Å². The van der Waals surface area contributed by atoms with Gasteiger partial charge in [-0.05, 0) is 26.7 Å². The highest BCUT2D eigenvalue weighted by atomic mass is 32.2. The molecule has 72 valence electrons. The second-order valence-corrected chi connectivity index (χ2v) is 7.31. The molecule has 0 nitrogen and oxygen atoms in total. The Bertz CT molecular complexity index is 128. The van der Waals surface area contributed by atoms with Crippen molar-refractivity contribution in [3.8, 4) is 0 Å². The molecule has 0 aromatic rings. The van der Waals surface area contributed by atoms with Crippen LogP contribution in [-0.4, -0.2) is 21.0 Å². The molecule has 2 atom stereocenters. The number of hydrogen-bond acceptors (Lipinski definition) is 2. The van der Waals surface area contributed by atoms with E-state index in [1.54, 1.807) is 0 Å². The maximum absolute atomic E-state index is 2.40. The molecule has 1 fully saturated rings. The van der Waals surface area contributed by atoms with Gasteiger partial charge < -0.3 is 0 Å². The molecular weight excluding hydrogens is 184 g/mol. The van der Waals surface area contributed by atoms with Gasteiger partial charge in [-0.15, -0.1) is 0 Å². The molecule has 0 amide bonds. The molecule has 2 unspecified atom stereocenters. The predicted molar refractivity (Wildman–Crippen MR) is 62.3 cm³/mol. The maximum atomic E-state index is 2.40. The summed E-state index contributed by atoms with van der Waals surface area (Å²) in [4.78, 5) is 0. The molecular formula is C10H20S2. The Labute approximate surface area is 85.3 Å². The van der Waals surface area contributed by atoms with Crippen molar-refractivity contribution >= 4 is 23.5 Å². The fourth-order valence-electron chi connectivity index (χ4n) is 1.15. The summed E-state index contributed by atoms with van der Waals surface area (Å²) < 4.78 is 1.11. The van der Waals surface area contributed by atoms with Crippen molar-refractivity contribution in [1.82, 2.24) is 0 Å². The monoisotopic (exact) mass is 204 g/mol. The summed E-state index contributed by atoms with van der Waals surface area (Å²) >= 11 is 4.35. The van der Waals surface area contributed by atoms with E-state index in [2.05, 4.69) is 51.2 Å². The molecule has 12 heavy (non-hydrogen) atoms. The average Bonchev–Trinajstić information content (AvgIpc) is 2.11. The van der Waals surface area contributed by atoms with E-state index in [0.29, 0.717) is 9.49 Å². The van der Waals surface area contributed by atoms with Gasteiger partial charge in [-0.1, -0.05) is 13.8 Å². The Kier molecular flexibility index (Phi) is 3.44. The normalized spacial score (nSPS) is 43.0. The van der Waals surface area contributed by atoms with Crippen LogP contribution in [0, 0.1) is 0 Å². The Morgan fingerprint density at radius 3 is 1.42 bits per heavy atom. The Hall–Kier alpha value is 0.700. The van der Waals surface area contributed by atoms with Crippen molar-refractivity contribution < 1.29 is 0 Å². The molecule has 0 aliphatic carbocycles. The van der Waals surface area contributed by atoms with Crippen LogP contribution in [0.15, 0.2) is 0 Å². The van der Waals surface area contributed by atoms with Gasteiger partial charge in [0.25, 0.3) is 0 Å². The van der Waals surface area contributed by atoms with Crippen LogP contribution in [0.1, 0.15) is 40.5 Å². The van der Waals surface area contributed by atoms with E-state index in [-0.39, 0.29) is 0 Å². The lowest BCUT2D eigenvalue weighted by Gasteiger charge is -2.41. The van der Waals surface area contributed by atoms with Crippen LogP contribution < -0.4 is 0 Å². The summed E-state index contributed by atoms with van der Waals surface area (Å²) in [5.74, 6) is 2.66. The number of thioether (sulfide) groups is 2. The Morgan fingerprint density at radius 2 is 1.25 bits per heavy atom. The Morgan fingerprint density at radius 1 is 0.917 bits per heavy atom. The van der Waals surface area contributed by atoms with E-state index in [4.69, 9.17) is 0 Å². The van der Waals surface area contributed by atoms with Crippen molar-refractivity contribution in [2.75, 3.05) is 11.5 Å². The third-order valence-electron chi connectivity index (χ3n) is 2.95. The minimum Gasteiger partial charge on any atom is -0.153 e. The molecule has 0 bridgehead atoms. The summed E-state index contributed by atoms with van der Waals surface area (Å²) in [5, 5.41) is 0. The highest BCUT2D eigenvalue weighted by Gasteiger charge is 2.36. The molecule has 0 N–H and O–H groups in total. The zero-order chi connectivity index (χ0) is 9.24. The highest BCUT2D eigenvalue weighted by molar-refractivity contribution is 8.08. The van der Waals surface area contributed by atoms with Crippen LogP contribution in [0.2, 0.25) is 0 Å². The summed E-state index contributed by atoms with van der Waals surface area (Å²) in [7, 11) is 0. The lowest BCUT2D eigenvalue weighted by molar-refractivity contribution is 0.638. The van der Waals surface area contributed by atoms with E-state index in [1.165, 1.54) is 24.3 Å². The van der Waals surface area contributed by atoms with Crippen molar-refractivity contribution in [3.05, 3.63) is 0 Å². The van der Waals surface area contributed by atoms with Crippen molar-refractivity contribution in [3.63, 3.8) is 0 Å². The second-order valence-electron chi connectivity index (χ2n) is 4.18. The van der Waals surface area contributed by atoms with Crippen molar-refractivity contribution in [1.29, 1.82) is 0 Å². The van der Waals surface area contributed by atoms with Gasteiger partial charge in [-0.3, -0.25) is 0 Å². The standard InChI is InChI=1S/C10H20S2/c1-5-9(3)7-12-10(4,6-2)8-11-9/h5-8H2,1-4H3. The first-order chi connectivity index (χ1) is 5.54.